The Morgan fingerprint density at radius 3 is 2.39 bits per heavy atom. The van der Waals surface area contributed by atoms with Crippen LogP contribution in [0.2, 0.25) is 0 Å². The van der Waals surface area contributed by atoms with Crippen LogP contribution >= 0.6 is 0 Å². The van der Waals surface area contributed by atoms with Gasteiger partial charge in [-0.3, -0.25) is 4.79 Å². The first-order chi connectivity index (χ1) is 13.6. The van der Waals surface area contributed by atoms with E-state index in [9.17, 15) is 9.90 Å². The minimum atomic E-state index is -0.468. The number of aromatic nitrogens is 2. The van der Waals surface area contributed by atoms with E-state index in [0.29, 0.717) is 11.3 Å². The predicted octanol–water partition coefficient (Wildman–Crippen LogP) is 5.64. The van der Waals surface area contributed by atoms with Gasteiger partial charge in [0.05, 0.1) is 16.8 Å². The molecule has 0 spiro atoms. The molecule has 1 N–H and O–H groups in total. The zero-order valence-electron chi connectivity index (χ0n) is 15.6. The smallest absolute Gasteiger partial charge is 0.297 e. The summed E-state index contributed by atoms with van der Waals surface area (Å²) in [6, 6.07) is 18.6. The molecule has 140 valence electrons. The fourth-order valence-electron chi connectivity index (χ4n) is 3.38. The van der Waals surface area contributed by atoms with E-state index in [1.165, 1.54) is 0 Å². The minimum absolute atomic E-state index is 0.00597. The van der Waals surface area contributed by atoms with Crippen molar-refractivity contribution in [2.45, 2.75) is 19.9 Å². The molecule has 0 saturated heterocycles. The van der Waals surface area contributed by atoms with Crippen molar-refractivity contribution in [1.29, 1.82) is 0 Å². The number of hydrogen-bond donors (Lipinski definition) is 1. The van der Waals surface area contributed by atoms with Crippen LogP contribution in [-0.4, -0.2) is 20.1 Å². The largest absolute Gasteiger partial charge is 0.493 e. The van der Waals surface area contributed by atoms with E-state index in [2.05, 4.69) is 10.2 Å². The minimum Gasteiger partial charge on any atom is -0.493 e. The zero-order chi connectivity index (χ0) is 19.7. The van der Waals surface area contributed by atoms with Crippen LogP contribution in [0.4, 0.5) is 5.69 Å². The Kier molecular flexibility index (Phi) is 4.53. The molecule has 0 atom stereocenters. The van der Waals surface area contributed by atoms with Crippen LogP contribution in [-0.2, 0) is 0 Å². The second-order valence-electron chi connectivity index (χ2n) is 6.77. The van der Waals surface area contributed by atoms with Crippen LogP contribution in [0.25, 0.3) is 16.6 Å². The molecule has 6 nitrogen and oxygen atoms in total. The third kappa shape index (κ3) is 2.99. The summed E-state index contributed by atoms with van der Waals surface area (Å²) in [5, 5.41) is 19.5. The van der Waals surface area contributed by atoms with Gasteiger partial charge < -0.3 is 14.2 Å². The highest BCUT2D eigenvalue weighted by Crippen LogP contribution is 2.40. The van der Waals surface area contributed by atoms with Crippen molar-refractivity contribution >= 4 is 22.5 Å². The lowest BCUT2D eigenvalue weighted by atomic mass is 10.1. The molecule has 4 aromatic rings. The molecule has 0 aliphatic heterocycles. The van der Waals surface area contributed by atoms with E-state index < -0.39 is 5.91 Å². The summed E-state index contributed by atoms with van der Waals surface area (Å²) in [6.07, 6.45) is 3.73. The van der Waals surface area contributed by atoms with Crippen LogP contribution in [0.1, 0.15) is 30.2 Å². The molecule has 4 rings (SSSR count). The van der Waals surface area contributed by atoms with Crippen LogP contribution in [0.5, 0.6) is 5.88 Å². The first kappa shape index (κ1) is 17.7. The monoisotopic (exact) mass is 372 g/mol. The average Bonchev–Trinajstić information content (AvgIpc) is 3.32. The van der Waals surface area contributed by atoms with Crippen molar-refractivity contribution in [3.8, 4) is 11.6 Å². The lowest BCUT2D eigenvalue weighted by molar-refractivity contribution is 0.0995. The summed E-state index contributed by atoms with van der Waals surface area (Å²) >= 11 is 0. The number of fused-ring (bicyclic) bond motifs is 1. The fourth-order valence-corrected chi connectivity index (χ4v) is 3.38. The number of hydrogen-bond acceptors (Lipinski definition) is 3. The van der Waals surface area contributed by atoms with Gasteiger partial charge in [-0.25, -0.2) is 0 Å². The van der Waals surface area contributed by atoms with Crippen molar-refractivity contribution in [3.05, 3.63) is 78.6 Å². The van der Waals surface area contributed by atoms with Crippen LogP contribution in [0.3, 0.4) is 0 Å². The molecule has 2 aromatic carbocycles. The maximum absolute atomic E-state index is 12.8. The van der Waals surface area contributed by atoms with Gasteiger partial charge in [0.2, 0.25) is 5.88 Å². The number of aromatic hydroxyl groups is 1. The molecule has 0 bridgehead atoms. The number of amides is 1. The molecule has 0 radical (unpaired) electrons. The van der Waals surface area contributed by atoms with Crippen molar-refractivity contribution in [1.82, 2.24) is 9.13 Å². The van der Waals surface area contributed by atoms with E-state index in [1.54, 1.807) is 16.7 Å². The topological polar surface area (TPSA) is 71.9 Å². The average molecular weight is 372 g/mol. The Morgan fingerprint density at radius 2 is 1.64 bits per heavy atom. The Morgan fingerprint density at radius 1 is 0.964 bits per heavy atom. The number of rotatable bonds is 4. The number of para-hydroxylation sites is 2. The van der Waals surface area contributed by atoms with Gasteiger partial charge in [0.25, 0.3) is 5.91 Å². The third-order valence-corrected chi connectivity index (χ3v) is 4.63. The molecule has 2 aromatic heterocycles. The van der Waals surface area contributed by atoms with Gasteiger partial charge in [-0.15, -0.1) is 10.2 Å². The van der Waals surface area contributed by atoms with Gasteiger partial charge in [-0.2, -0.15) is 0 Å². The Hall–Kier alpha value is -3.67. The van der Waals surface area contributed by atoms with E-state index in [0.717, 1.165) is 16.6 Å². The van der Waals surface area contributed by atoms with Crippen LogP contribution in [0.15, 0.2) is 83.3 Å². The van der Waals surface area contributed by atoms with Gasteiger partial charge in [0.15, 0.2) is 5.69 Å². The normalized spacial score (nSPS) is 11.7. The van der Waals surface area contributed by atoms with Crippen LogP contribution < -0.4 is 0 Å². The molecule has 6 heteroatoms. The molecule has 0 aliphatic rings. The predicted molar refractivity (Wildman–Crippen MR) is 109 cm³/mol. The van der Waals surface area contributed by atoms with Crippen molar-refractivity contribution in [2.24, 2.45) is 10.2 Å². The van der Waals surface area contributed by atoms with E-state index in [1.807, 2.05) is 79.3 Å². The molecule has 0 saturated carbocycles. The molecule has 0 unspecified atom stereocenters. The fraction of sp³-hybridized carbons (Fsp3) is 0.136. The van der Waals surface area contributed by atoms with E-state index >= 15 is 0 Å². The Bertz CT molecular complexity index is 1170. The second-order valence-corrected chi connectivity index (χ2v) is 6.77. The summed E-state index contributed by atoms with van der Waals surface area (Å²) in [7, 11) is 0. The molecular weight excluding hydrogens is 352 g/mol. The number of azo groups is 1. The highest BCUT2D eigenvalue weighted by atomic mass is 16.3. The zero-order valence-corrected chi connectivity index (χ0v) is 15.6. The summed E-state index contributed by atoms with van der Waals surface area (Å²) in [5.74, 6) is -0.462. The van der Waals surface area contributed by atoms with Crippen molar-refractivity contribution < 1.29 is 9.90 Å². The molecule has 28 heavy (non-hydrogen) atoms. The SMILES string of the molecule is CC(C)n1c(O)c(N=NC(=O)c2ccccc2-n2cccc2)c2ccccc21. The van der Waals surface area contributed by atoms with Gasteiger partial charge in [-0.05, 0) is 44.2 Å². The van der Waals surface area contributed by atoms with Crippen molar-refractivity contribution in [3.63, 3.8) is 0 Å². The maximum Gasteiger partial charge on any atom is 0.297 e. The molecule has 1 amide bonds. The van der Waals surface area contributed by atoms with Crippen LogP contribution in [0, 0.1) is 0 Å². The summed E-state index contributed by atoms with van der Waals surface area (Å²) in [5.41, 5.74) is 2.32. The molecule has 0 aliphatic carbocycles. The molecule has 0 fully saturated rings. The van der Waals surface area contributed by atoms with Gasteiger partial charge in [-0.1, -0.05) is 30.3 Å². The highest BCUT2D eigenvalue weighted by molar-refractivity contribution is 5.99. The van der Waals surface area contributed by atoms with E-state index in [4.69, 9.17) is 0 Å². The summed E-state index contributed by atoms with van der Waals surface area (Å²) in [4.78, 5) is 12.8. The van der Waals surface area contributed by atoms with Gasteiger partial charge in [0.1, 0.15) is 0 Å². The van der Waals surface area contributed by atoms with Gasteiger partial charge >= 0.3 is 0 Å². The summed E-state index contributed by atoms with van der Waals surface area (Å²) in [6.45, 7) is 3.96. The first-order valence-electron chi connectivity index (χ1n) is 9.08. The highest BCUT2D eigenvalue weighted by Gasteiger charge is 2.19. The molecular formula is C22H20N4O2. The standard InChI is InChI=1S/C22H20N4O2/c1-15(2)26-19-12-6-3-9-16(19)20(22(26)28)23-24-21(27)17-10-4-5-11-18(17)25-13-7-8-14-25/h3-15,28H,1-2H3. The quantitative estimate of drug-likeness (QED) is 0.471. The molecule has 2 heterocycles. The Labute approximate surface area is 162 Å². The number of nitrogens with zero attached hydrogens (tertiary/aromatic N) is 4. The lowest BCUT2D eigenvalue weighted by Gasteiger charge is -2.10. The maximum atomic E-state index is 12.8. The first-order valence-corrected chi connectivity index (χ1v) is 9.08. The number of carbonyl (C=O) groups excluding carboxylic acids is 1. The van der Waals surface area contributed by atoms with E-state index in [-0.39, 0.29) is 11.9 Å². The lowest BCUT2D eigenvalue weighted by Crippen LogP contribution is -2.02. The second kappa shape index (κ2) is 7.15. The Balaban J connectivity index is 1.76. The third-order valence-electron chi connectivity index (χ3n) is 4.63. The van der Waals surface area contributed by atoms with Gasteiger partial charge in [0, 0.05) is 23.8 Å². The number of benzene rings is 2. The number of carbonyl (C=O) groups is 1. The summed E-state index contributed by atoms with van der Waals surface area (Å²) < 4.78 is 3.63. The van der Waals surface area contributed by atoms with Crippen molar-refractivity contribution in [2.75, 3.05) is 0 Å².